The third-order valence-electron chi connectivity index (χ3n) is 4.75. The molecular formula is C13H24F2N2. The van der Waals surface area contributed by atoms with E-state index in [0.29, 0.717) is 18.9 Å². The molecule has 0 spiro atoms. The molecule has 0 aromatic carbocycles. The number of rotatable bonds is 3. The molecule has 1 aliphatic carbocycles. The summed E-state index contributed by atoms with van der Waals surface area (Å²) in [5, 5.41) is 0. The molecule has 0 aromatic rings. The summed E-state index contributed by atoms with van der Waals surface area (Å²) in [6.07, 6.45) is 5.33. The summed E-state index contributed by atoms with van der Waals surface area (Å²) in [5.74, 6) is 0. The monoisotopic (exact) mass is 246 g/mol. The molecule has 1 saturated heterocycles. The summed E-state index contributed by atoms with van der Waals surface area (Å²) in [6, 6.07) is 0.650. The molecule has 17 heavy (non-hydrogen) atoms. The molecule has 2 N–H and O–H groups in total. The lowest BCUT2D eigenvalue weighted by atomic mass is 9.78. The van der Waals surface area contributed by atoms with E-state index in [9.17, 15) is 8.78 Å². The minimum atomic E-state index is -2.26. The van der Waals surface area contributed by atoms with Crippen LogP contribution in [-0.2, 0) is 0 Å². The molecule has 0 amide bonds. The summed E-state index contributed by atoms with van der Waals surface area (Å²) in [6.45, 7) is 1.75. The molecule has 0 unspecified atom stereocenters. The smallest absolute Gasteiger partial charge is 0.245 e. The standard InChI is InChI=1S/C13H24F2N2/c14-12(15)13(10-16)6-8-17(9-7-13)11-4-2-1-3-5-11/h11-12H,1-10,16H2. The maximum absolute atomic E-state index is 13.0. The zero-order valence-electron chi connectivity index (χ0n) is 10.5. The van der Waals surface area contributed by atoms with Crippen molar-refractivity contribution < 1.29 is 8.78 Å². The second-order valence-corrected chi connectivity index (χ2v) is 5.69. The molecule has 0 atom stereocenters. The SMILES string of the molecule is NCC1(C(F)F)CCN(C2CCCCC2)CC1. The molecule has 2 nitrogen and oxygen atoms in total. The van der Waals surface area contributed by atoms with Gasteiger partial charge < -0.3 is 10.6 Å². The van der Waals surface area contributed by atoms with Gasteiger partial charge in [0.1, 0.15) is 0 Å². The highest BCUT2D eigenvalue weighted by atomic mass is 19.3. The second-order valence-electron chi connectivity index (χ2n) is 5.69. The van der Waals surface area contributed by atoms with Gasteiger partial charge in [-0.15, -0.1) is 0 Å². The van der Waals surface area contributed by atoms with Gasteiger partial charge in [0.2, 0.25) is 6.43 Å². The van der Waals surface area contributed by atoms with Gasteiger partial charge in [-0.3, -0.25) is 0 Å². The Bertz CT molecular complexity index is 232. The molecule has 1 heterocycles. The van der Waals surface area contributed by atoms with Crippen LogP contribution in [0.5, 0.6) is 0 Å². The van der Waals surface area contributed by atoms with E-state index in [4.69, 9.17) is 5.73 Å². The molecule has 1 saturated carbocycles. The third-order valence-corrected chi connectivity index (χ3v) is 4.75. The van der Waals surface area contributed by atoms with E-state index in [1.54, 1.807) is 0 Å². The molecule has 0 radical (unpaired) electrons. The van der Waals surface area contributed by atoms with Crippen molar-refractivity contribution in [3.63, 3.8) is 0 Å². The van der Waals surface area contributed by atoms with E-state index in [1.165, 1.54) is 32.1 Å². The Labute approximate surface area is 103 Å². The second kappa shape index (κ2) is 5.61. The molecule has 2 fully saturated rings. The predicted molar refractivity (Wildman–Crippen MR) is 65.2 cm³/mol. The zero-order valence-corrected chi connectivity index (χ0v) is 10.5. The number of likely N-dealkylation sites (tertiary alicyclic amines) is 1. The van der Waals surface area contributed by atoms with Crippen LogP contribution in [0.2, 0.25) is 0 Å². The number of halogens is 2. The molecule has 1 aliphatic heterocycles. The Kier molecular flexibility index (Phi) is 4.36. The largest absolute Gasteiger partial charge is 0.330 e. The van der Waals surface area contributed by atoms with Crippen LogP contribution in [-0.4, -0.2) is 37.0 Å². The Hall–Kier alpha value is -0.220. The molecule has 2 aliphatic rings. The fourth-order valence-electron chi connectivity index (χ4n) is 3.29. The van der Waals surface area contributed by atoms with Gasteiger partial charge in [-0.2, -0.15) is 0 Å². The van der Waals surface area contributed by atoms with E-state index in [2.05, 4.69) is 4.90 Å². The first-order valence-corrected chi connectivity index (χ1v) is 6.90. The van der Waals surface area contributed by atoms with E-state index in [1.807, 2.05) is 0 Å². The number of hydrogen-bond donors (Lipinski definition) is 1. The van der Waals surface area contributed by atoms with E-state index in [-0.39, 0.29) is 6.54 Å². The highest BCUT2D eigenvalue weighted by Crippen LogP contribution is 2.38. The summed E-state index contributed by atoms with van der Waals surface area (Å²) in [4.78, 5) is 2.43. The average molecular weight is 246 g/mol. The number of nitrogens with two attached hydrogens (primary N) is 1. The van der Waals surface area contributed by atoms with Gasteiger partial charge in [0, 0.05) is 18.0 Å². The first-order chi connectivity index (χ1) is 8.18. The molecule has 100 valence electrons. The van der Waals surface area contributed by atoms with Crippen molar-refractivity contribution in [2.24, 2.45) is 11.1 Å². The minimum Gasteiger partial charge on any atom is -0.330 e. The van der Waals surface area contributed by atoms with Gasteiger partial charge in [-0.1, -0.05) is 19.3 Å². The van der Waals surface area contributed by atoms with Crippen molar-refractivity contribution in [1.29, 1.82) is 0 Å². The van der Waals surface area contributed by atoms with E-state index in [0.717, 1.165) is 13.1 Å². The Morgan fingerprint density at radius 1 is 1.12 bits per heavy atom. The maximum atomic E-state index is 13.0. The van der Waals surface area contributed by atoms with Crippen molar-refractivity contribution in [1.82, 2.24) is 4.90 Å². The number of piperidine rings is 1. The predicted octanol–water partition coefficient (Wildman–Crippen LogP) is 2.63. The van der Waals surface area contributed by atoms with Crippen molar-refractivity contribution in [3.8, 4) is 0 Å². The van der Waals surface area contributed by atoms with Crippen molar-refractivity contribution in [3.05, 3.63) is 0 Å². The summed E-state index contributed by atoms with van der Waals surface area (Å²) < 4.78 is 26.1. The Morgan fingerprint density at radius 3 is 2.18 bits per heavy atom. The van der Waals surface area contributed by atoms with Crippen molar-refractivity contribution in [2.45, 2.75) is 57.4 Å². The van der Waals surface area contributed by atoms with Crippen LogP contribution in [0.15, 0.2) is 0 Å². The quantitative estimate of drug-likeness (QED) is 0.829. The van der Waals surface area contributed by atoms with Crippen LogP contribution < -0.4 is 5.73 Å². The van der Waals surface area contributed by atoms with Crippen LogP contribution in [0.1, 0.15) is 44.9 Å². The molecule has 2 rings (SSSR count). The fraction of sp³-hybridized carbons (Fsp3) is 1.00. The highest BCUT2D eigenvalue weighted by molar-refractivity contribution is 4.91. The van der Waals surface area contributed by atoms with Crippen molar-refractivity contribution >= 4 is 0 Å². The average Bonchev–Trinajstić information content (AvgIpc) is 2.39. The van der Waals surface area contributed by atoms with Gasteiger partial charge >= 0.3 is 0 Å². The van der Waals surface area contributed by atoms with E-state index < -0.39 is 11.8 Å². The van der Waals surface area contributed by atoms with Gasteiger partial charge in [0.25, 0.3) is 0 Å². The Balaban J connectivity index is 1.88. The van der Waals surface area contributed by atoms with Gasteiger partial charge in [-0.05, 0) is 38.8 Å². The van der Waals surface area contributed by atoms with Crippen LogP contribution in [0.25, 0.3) is 0 Å². The summed E-state index contributed by atoms with van der Waals surface area (Å²) in [7, 11) is 0. The first kappa shape index (κ1) is 13.2. The van der Waals surface area contributed by atoms with Crippen molar-refractivity contribution in [2.75, 3.05) is 19.6 Å². The third kappa shape index (κ3) is 2.79. The number of nitrogens with zero attached hydrogens (tertiary/aromatic N) is 1. The molecular weight excluding hydrogens is 222 g/mol. The lowest BCUT2D eigenvalue weighted by Crippen LogP contribution is -2.50. The topological polar surface area (TPSA) is 29.3 Å². The Morgan fingerprint density at radius 2 is 1.71 bits per heavy atom. The highest BCUT2D eigenvalue weighted by Gasteiger charge is 2.42. The zero-order chi connectivity index (χ0) is 12.3. The molecule has 0 aromatic heterocycles. The summed E-state index contributed by atoms with van der Waals surface area (Å²) >= 11 is 0. The lowest BCUT2D eigenvalue weighted by Gasteiger charge is -2.44. The maximum Gasteiger partial charge on any atom is 0.245 e. The summed E-state index contributed by atoms with van der Waals surface area (Å²) in [5.41, 5.74) is 4.67. The van der Waals surface area contributed by atoms with Crippen LogP contribution >= 0.6 is 0 Å². The van der Waals surface area contributed by atoms with E-state index >= 15 is 0 Å². The van der Waals surface area contributed by atoms with Crippen LogP contribution in [0, 0.1) is 5.41 Å². The normalized spacial score (nSPS) is 27.5. The molecule has 0 bridgehead atoms. The van der Waals surface area contributed by atoms with Gasteiger partial charge in [-0.25, -0.2) is 8.78 Å². The molecule has 4 heteroatoms. The minimum absolute atomic E-state index is 0.128. The number of hydrogen-bond acceptors (Lipinski definition) is 2. The van der Waals surface area contributed by atoms with Gasteiger partial charge in [0.15, 0.2) is 0 Å². The van der Waals surface area contributed by atoms with Crippen LogP contribution in [0.4, 0.5) is 8.78 Å². The van der Waals surface area contributed by atoms with Gasteiger partial charge in [0.05, 0.1) is 0 Å². The first-order valence-electron chi connectivity index (χ1n) is 6.90. The number of alkyl halides is 2. The fourth-order valence-corrected chi connectivity index (χ4v) is 3.29. The lowest BCUT2D eigenvalue weighted by molar-refractivity contribution is -0.0509. The van der Waals surface area contributed by atoms with Crippen LogP contribution in [0.3, 0.4) is 0 Å².